The predicted octanol–water partition coefficient (Wildman–Crippen LogP) is 5.04. The minimum absolute atomic E-state index is 0.589. The Morgan fingerprint density at radius 2 is 1.30 bits per heavy atom. The Hall–Kier alpha value is -1.77. The Morgan fingerprint density at radius 1 is 0.870 bits per heavy atom. The number of phosphoric acid groups is 1. The van der Waals surface area contributed by atoms with Gasteiger partial charge in [-0.15, -0.1) is 0 Å². The van der Waals surface area contributed by atoms with Gasteiger partial charge >= 0.3 is 7.82 Å². The zero-order chi connectivity index (χ0) is 16.8. The molecule has 0 radical (unpaired) electrons. The molecule has 23 heavy (non-hydrogen) atoms. The SMILES string of the molecule is COP1(=O)Oc2c(C)cc(C)cc2Cc2cc(C)cc(C)c2O1. The second-order valence-electron chi connectivity index (χ2n) is 6.13. The molecule has 0 bridgehead atoms. The molecule has 1 aliphatic rings. The highest BCUT2D eigenvalue weighted by Gasteiger charge is 2.34. The fourth-order valence-corrected chi connectivity index (χ4v) is 4.29. The number of hydrogen-bond donors (Lipinski definition) is 0. The van der Waals surface area contributed by atoms with E-state index in [0.29, 0.717) is 17.9 Å². The number of rotatable bonds is 1. The molecule has 0 spiro atoms. The van der Waals surface area contributed by atoms with E-state index in [1.807, 2.05) is 39.8 Å². The Morgan fingerprint density at radius 3 is 1.70 bits per heavy atom. The average Bonchev–Trinajstić information content (AvgIpc) is 2.45. The minimum Gasteiger partial charge on any atom is -0.394 e. The molecule has 1 heterocycles. The first-order valence-electron chi connectivity index (χ1n) is 7.56. The predicted molar refractivity (Wildman–Crippen MR) is 90.5 cm³/mol. The molecule has 0 unspecified atom stereocenters. The van der Waals surface area contributed by atoms with Gasteiger partial charge in [0.05, 0.1) is 0 Å². The Labute approximate surface area is 137 Å². The molecule has 2 aromatic rings. The zero-order valence-corrected chi connectivity index (χ0v) is 15.0. The van der Waals surface area contributed by atoms with Crippen LogP contribution in [0, 0.1) is 27.7 Å². The van der Waals surface area contributed by atoms with E-state index in [1.165, 1.54) is 7.11 Å². The monoisotopic (exact) mass is 332 g/mol. The summed E-state index contributed by atoms with van der Waals surface area (Å²) in [6.07, 6.45) is 0.666. The quantitative estimate of drug-likeness (QED) is 0.687. The van der Waals surface area contributed by atoms with Crippen molar-refractivity contribution in [1.29, 1.82) is 0 Å². The molecule has 0 aromatic heterocycles. The molecule has 3 rings (SSSR count). The van der Waals surface area contributed by atoms with Gasteiger partial charge in [-0.3, -0.25) is 4.52 Å². The number of fused-ring (bicyclic) bond motifs is 2. The topological polar surface area (TPSA) is 44.8 Å². The number of aryl methyl sites for hydroxylation is 4. The van der Waals surface area contributed by atoms with Crippen LogP contribution < -0.4 is 9.05 Å². The highest BCUT2D eigenvalue weighted by atomic mass is 31.2. The van der Waals surface area contributed by atoms with Gasteiger partial charge in [-0.25, -0.2) is 4.57 Å². The van der Waals surface area contributed by atoms with Gasteiger partial charge in [-0.2, -0.15) is 0 Å². The normalized spacial score (nSPS) is 15.5. The van der Waals surface area contributed by atoms with Gasteiger partial charge in [0.25, 0.3) is 0 Å². The summed E-state index contributed by atoms with van der Waals surface area (Å²) in [7, 11) is -2.37. The first-order valence-corrected chi connectivity index (χ1v) is 9.02. The standard InChI is InChI=1S/C18H21O4P/c1-11-6-13(3)17-15(8-11)10-16-9-12(2)7-14(4)18(16)22-23(19,20-5)21-17/h6-9H,10H2,1-5H3. The molecule has 0 atom stereocenters. The zero-order valence-electron chi connectivity index (χ0n) is 14.1. The third-order valence-electron chi connectivity index (χ3n) is 4.00. The Balaban J connectivity index is 2.27. The van der Waals surface area contributed by atoms with Crippen LogP contribution in [0.15, 0.2) is 24.3 Å². The fourth-order valence-electron chi connectivity index (χ4n) is 3.13. The number of benzene rings is 2. The van der Waals surface area contributed by atoms with Crippen molar-refractivity contribution in [1.82, 2.24) is 0 Å². The van der Waals surface area contributed by atoms with Crippen LogP contribution >= 0.6 is 7.82 Å². The molecule has 0 aliphatic carbocycles. The van der Waals surface area contributed by atoms with Crippen LogP contribution in [0.4, 0.5) is 0 Å². The summed E-state index contributed by atoms with van der Waals surface area (Å²) < 4.78 is 29.4. The summed E-state index contributed by atoms with van der Waals surface area (Å²) in [5.74, 6) is 1.18. The van der Waals surface area contributed by atoms with Gasteiger partial charge in [0, 0.05) is 13.5 Å². The van der Waals surface area contributed by atoms with E-state index in [9.17, 15) is 4.57 Å². The van der Waals surface area contributed by atoms with Crippen molar-refractivity contribution < 1.29 is 18.1 Å². The van der Waals surface area contributed by atoms with Crippen molar-refractivity contribution in [2.24, 2.45) is 0 Å². The van der Waals surface area contributed by atoms with E-state index in [-0.39, 0.29) is 0 Å². The van der Waals surface area contributed by atoms with Crippen LogP contribution in [0.3, 0.4) is 0 Å². The van der Waals surface area contributed by atoms with Gasteiger partial charge in [0.2, 0.25) is 0 Å². The molecule has 0 amide bonds. The first-order chi connectivity index (χ1) is 10.8. The molecule has 0 saturated carbocycles. The number of hydrogen-bond acceptors (Lipinski definition) is 4. The molecule has 1 aliphatic heterocycles. The fraction of sp³-hybridized carbons (Fsp3) is 0.333. The van der Waals surface area contributed by atoms with Crippen molar-refractivity contribution in [3.8, 4) is 11.5 Å². The first kappa shape index (κ1) is 16.1. The second-order valence-corrected chi connectivity index (χ2v) is 7.75. The summed E-state index contributed by atoms with van der Waals surface area (Å²) in [5.41, 5.74) is 6.13. The Bertz CT molecular complexity index is 763. The molecular weight excluding hydrogens is 311 g/mol. The smallest absolute Gasteiger partial charge is 0.394 e. The molecule has 2 aromatic carbocycles. The van der Waals surface area contributed by atoms with Crippen LogP contribution in [-0.4, -0.2) is 7.11 Å². The van der Waals surface area contributed by atoms with E-state index >= 15 is 0 Å². The van der Waals surface area contributed by atoms with Crippen LogP contribution in [0.1, 0.15) is 33.4 Å². The molecule has 0 saturated heterocycles. The van der Waals surface area contributed by atoms with Crippen molar-refractivity contribution in [3.05, 3.63) is 57.6 Å². The van der Waals surface area contributed by atoms with Crippen molar-refractivity contribution in [2.75, 3.05) is 7.11 Å². The maximum atomic E-state index is 12.9. The van der Waals surface area contributed by atoms with Gasteiger partial charge in [-0.1, -0.05) is 35.4 Å². The summed E-state index contributed by atoms with van der Waals surface area (Å²) in [6.45, 7) is 7.97. The molecule has 0 fully saturated rings. The molecule has 0 N–H and O–H groups in total. The van der Waals surface area contributed by atoms with Crippen LogP contribution in [0.5, 0.6) is 11.5 Å². The maximum absolute atomic E-state index is 12.9. The lowest BCUT2D eigenvalue weighted by Crippen LogP contribution is -2.11. The van der Waals surface area contributed by atoms with Gasteiger partial charge in [0.15, 0.2) is 0 Å². The van der Waals surface area contributed by atoms with E-state index < -0.39 is 7.82 Å². The second kappa shape index (κ2) is 5.70. The molecule has 5 heteroatoms. The summed E-state index contributed by atoms with van der Waals surface area (Å²) in [5, 5.41) is 0. The third kappa shape index (κ3) is 3.01. The molecule has 122 valence electrons. The van der Waals surface area contributed by atoms with Gasteiger partial charge in [0.1, 0.15) is 11.5 Å². The summed E-state index contributed by atoms with van der Waals surface area (Å²) in [6, 6.07) is 8.13. The lowest BCUT2D eigenvalue weighted by Gasteiger charge is -2.26. The molecule has 4 nitrogen and oxygen atoms in total. The maximum Gasteiger partial charge on any atom is 0.587 e. The van der Waals surface area contributed by atoms with E-state index in [2.05, 4.69) is 12.1 Å². The third-order valence-corrected chi connectivity index (χ3v) is 5.26. The molecular formula is C18H21O4P. The van der Waals surface area contributed by atoms with Crippen LogP contribution in [-0.2, 0) is 15.5 Å². The lowest BCUT2D eigenvalue weighted by molar-refractivity contribution is 0.246. The summed E-state index contributed by atoms with van der Waals surface area (Å²) in [4.78, 5) is 0. The van der Waals surface area contributed by atoms with Crippen LogP contribution in [0.25, 0.3) is 0 Å². The Kier molecular flexibility index (Phi) is 3.99. The average molecular weight is 332 g/mol. The van der Waals surface area contributed by atoms with Gasteiger partial charge in [-0.05, 0) is 49.9 Å². The van der Waals surface area contributed by atoms with Crippen molar-refractivity contribution in [3.63, 3.8) is 0 Å². The van der Waals surface area contributed by atoms with Crippen molar-refractivity contribution in [2.45, 2.75) is 34.1 Å². The van der Waals surface area contributed by atoms with Crippen LogP contribution in [0.2, 0.25) is 0 Å². The van der Waals surface area contributed by atoms with E-state index in [0.717, 1.165) is 33.4 Å². The van der Waals surface area contributed by atoms with E-state index in [4.69, 9.17) is 13.6 Å². The highest BCUT2D eigenvalue weighted by molar-refractivity contribution is 7.49. The number of phosphoric ester groups is 1. The largest absolute Gasteiger partial charge is 0.587 e. The lowest BCUT2D eigenvalue weighted by atomic mass is 9.96. The minimum atomic E-state index is -3.71. The summed E-state index contributed by atoms with van der Waals surface area (Å²) >= 11 is 0. The van der Waals surface area contributed by atoms with Crippen molar-refractivity contribution >= 4 is 7.82 Å². The van der Waals surface area contributed by atoms with E-state index in [1.54, 1.807) is 0 Å². The highest BCUT2D eigenvalue weighted by Crippen LogP contribution is 2.53. The van der Waals surface area contributed by atoms with Gasteiger partial charge < -0.3 is 9.05 Å².